The fourth-order valence-electron chi connectivity index (χ4n) is 3.64. The van der Waals surface area contributed by atoms with Gasteiger partial charge in [0.1, 0.15) is 4.21 Å². The molecule has 0 aliphatic carbocycles. The minimum atomic E-state index is -3.50. The Hall–Kier alpha value is -1.41. The molecule has 8 heteroatoms. The third-order valence-electron chi connectivity index (χ3n) is 5.66. The molecule has 3 rings (SSSR count). The average Bonchev–Trinajstić information content (AvgIpc) is 3.19. The van der Waals surface area contributed by atoms with Gasteiger partial charge in [0.25, 0.3) is 10.0 Å². The van der Waals surface area contributed by atoms with Crippen LogP contribution in [0.15, 0.2) is 40.6 Å². The van der Waals surface area contributed by atoms with E-state index in [9.17, 15) is 13.2 Å². The average molecular weight is 455 g/mol. The molecule has 5 nitrogen and oxygen atoms in total. The second-order valence-corrected chi connectivity index (χ2v) is 11.4. The summed E-state index contributed by atoms with van der Waals surface area (Å²) in [5.74, 6) is 0.0534. The molecule has 1 aromatic carbocycles. The molecule has 1 N–H and O–H groups in total. The summed E-state index contributed by atoms with van der Waals surface area (Å²) in [7, 11) is -3.50. The van der Waals surface area contributed by atoms with Crippen molar-refractivity contribution in [2.24, 2.45) is 11.8 Å². The normalized spacial score (nSPS) is 17.2. The number of sulfonamides is 1. The Labute approximate surface area is 182 Å². The molecule has 158 valence electrons. The van der Waals surface area contributed by atoms with Gasteiger partial charge >= 0.3 is 0 Å². The lowest BCUT2D eigenvalue weighted by Gasteiger charge is -2.33. The number of nitrogens with one attached hydrogen (secondary N) is 1. The van der Waals surface area contributed by atoms with Gasteiger partial charge in [0.2, 0.25) is 5.91 Å². The molecule has 1 unspecified atom stereocenters. The number of nitrogens with zero attached hydrogens (tertiary/aromatic N) is 1. The Balaban J connectivity index is 1.51. The van der Waals surface area contributed by atoms with Crippen LogP contribution in [0.1, 0.15) is 37.8 Å². The molecular formula is C21H27ClN2O3S2. The van der Waals surface area contributed by atoms with Crippen molar-refractivity contribution in [3.05, 3.63) is 51.9 Å². The van der Waals surface area contributed by atoms with Gasteiger partial charge in [0.15, 0.2) is 0 Å². The number of hydrogen-bond donors (Lipinski definition) is 1. The summed E-state index contributed by atoms with van der Waals surface area (Å²) < 4.78 is 27.7. The third kappa shape index (κ3) is 5.40. The maximum absolute atomic E-state index is 12.7. The van der Waals surface area contributed by atoms with Crippen molar-refractivity contribution in [2.45, 2.75) is 43.9 Å². The smallest absolute Gasteiger partial charge is 0.252 e. The van der Waals surface area contributed by atoms with Gasteiger partial charge < -0.3 is 5.32 Å². The van der Waals surface area contributed by atoms with Gasteiger partial charge in [-0.2, -0.15) is 4.31 Å². The maximum atomic E-state index is 12.7. The van der Waals surface area contributed by atoms with Gasteiger partial charge in [0, 0.05) is 25.6 Å². The summed E-state index contributed by atoms with van der Waals surface area (Å²) in [6, 6.07) is 11.4. The lowest BCUT2D eigenvalue weighted by Crippen LogP contribution is -2.42. The minimum absolute atomic E-state index is 0.0240. The molecule has 1 aliphatic rings. The van der Waals surface area contributed by atoms with Crippen molar-refractivity contribution in [3.8, 4) is 0 Å². The zero-order valence-corrected chi connectivity index (χ0v) is 19.1. The number of thiophene rings is 1. The van der Waals surface area contributed by atoms with Gasteiger partial charge in [-0.15, -0.1) is 11.3 Å². The van der Waals surface area contributed by atoms with E-state index in [1.54, 1.807) is 12.1 Å². The minimum Gasteiger partial charge on any atom is -0.352 e. The topological polar surface area (TPSA) is 66.5 Å². The first kappa shape index (κ1) is 22.3. The summed E-state index contributed by atoms with van der Waals surface area (Å²) >= 11 is 6.96. The van der Waals surface area contributed by atoms with E-state index in [0.717, 1.165) is 23.3 Å². The standard InChI is InChI=1S/C21H27ClN2O3S2/c1-3-16-4-6-17(7-5-16)14-23-21(25)15(2)18-10-12-24(13-11-18)29(26,27)20-9-8-19(22)28-20/h4-9,15,18H,3,10-14H2,1-2H3,(H,23,25). The molecule has 1 fully saturated rings. The van der Waals surface area contributed by atoms with E-state index in [4.69, 9.17) is 11.6 Å². The molecule has 0 bridgehead atoms. The highest BCUT2D eigenvalue weighted by atomic mass is 35.5. The molecule has 2 heterocycles. The van der Waals surface area contributed by atoms with Crippen LogP contribution < -0.4 is 5.32 Å². The van der Waals surface area contributed by atoms with E-state index >= 15 is 0 Å². The number of amides is 1. The van der Waals surface area contributed by atoms with Gasteiger partial charge in [-0.25, -0.2) is 8.42 Å². The summed E-state index contributed by atoms with van der Waals surface area (Å²) in [5.41, 5.74) is 2.36. The predicted molar refractivity (Wildman–Crippen MR) is 118 cm³/mol. The molecule has 1 amide bonds. The van der Waals surface area contributed by atoms with Gasteiger partial charge in [-0.3, -0.25) is 4.79 Å². The summed E-state index contributed by atoms with van der Waals surface area (Å²) in [4.78, 5) is 12.6. The molecule has 1 aromatic heterocycles. The van der Waals surface area contributed by atoms with E-state index in [1.165, 1.54) is 9.87 Å². The van der Waals surface area contributed by atoms with Crippen LogP contribution in [-0.2, 0) is 27.8 Å². The summed E-state index contributed by atoms with van der Waals surface area (Å²) in [6.07, 6.45) is 2.36. The van der Waals surface area contributed by atoms with Crippen LogP contribution >= 0.6 is 22.9 Å². The molecule has 0 radical (unpaired) electrons. The highest BCUT2D eigenvalue weighted by molar-refractivity contribution is 7.91. The quantitative estimate of drug-likeness (QED) is 0.677. The van der Waals surface area contributed by atoms with E-state index in [1.807, 2.05) is 19.1 Å². The molecular weight excluding hydrogens is 428 g/mol. The fourth-order valence-corrected chi connectivity index (χ4v) is 6.74. The molecule has 2 aromatic rings. The molecule has 1 atom stereocenters. The van der Waals surface area contributed by atoms with Crippen LogP contribution in [-0.4, -0.2) is 31.7 Å². The van der Waals surface area contributed by atoms with Crippen LogP contribution in [0.3, 0.4) is 0 Å². The van der Waals surface area contributed by atoms with E-state index in [-0.39, 0.29) is 22.0 Å². The first-order chi connectivity index (χ1) is 13.8. The third-order valence-corrected chi connectivity index (χ3v) is 9.26. The number of halogens is 1. The molecule has 0 saturated carbocycles. The Kier molecular flexibility index (Phi) is 7.37. The monoisotopic (exact) mass is 454 g/mol. The second kappa shape index (κ2) is 9.60. The lowest BCUT2D eigenvalue weighted by atomic mass is 9.85. The van der Waals surface area contributed by atoms with Crippen LogP contribution in [0.4, 0.5) is 0 Å². The second-order valence-electron chi connectivity index (χ2n) is 7.48. The number of aryl methyl sites for hydroxylation is 1. The van der Waals surface area contributed by atoms with E-state index in [0.29, 0.717) is 36.8 Å². The Bertz CT molecular complexity index is 933. The number of piperidine rings is 1. The fraction of sp³-hybridized carbons (Fsp3) is 0.476. The number of carbonyl (C=O) groups excluding carboxylic acids is 1. The first-order valence-electron chi connectivity index (χ1n) is 9.92. The SMILES string of the molecule is CCc1ccc(CNC(=O)C(C)C2CCN(S(=O)(=O)c3ccc(Cl)s3)CC2)cc1. The first-order valence-corrected chi connectivity index (χ1v) is 12.6. The van der Waals surface area contributed by atoms with Crippen LogP contribution in [0, 0.1) is 11.8 Å². The maximum Gasteiger partial charge on any atom is 0.252 e. The molecule has 1 saturated heterocycles. The van der Waals surface area contributed by atoms with Gasteiger partial charge in [0.05, 0.1) is 4.34 Å². The lowest BCUT2D eigenvalue weighted by molar-refractivity contribution is -0.126. The molecule has 29 heavy (non-hydrogen) atoms. The predicted octanol–water partition coefficient (Wildman–Crippen LogP) is 4.32. The molecule has 1 aliphatic heterocycles. The summed E-state index contributed by atoms with van der Waals surface area (Å²) in [5, 5.41) is 3.02. The number of benzene rings is 1. The zero-order chi connectivity index (χ0) is 21.0. The number of carbonyl (C=O) groups is 1. The highest BCUT2D eigenvalue weighted by Gasteiger charge is 2.34. The van der Waals surface area contributed by atoms with E-state index < -0.39 is 10.0 Å². The zero-order valence-electron chi connectivity index (χ0n) is 16.7. The van der Waals surface area contributed by atoms with Crippen LogP contribution in [0.25, 0.3) is 0 Å². The van der Waals surface area contributed by atoms with Crippen LogP contribution in [0.5, 0.6) is 0 Å². The Morgan fingerprint density at radius 3 is 2.34 bits per heavy atom. The summed E-state index contributed by atoms with van der Waals surface area (Å²) in [6.45, 7) is 5.42. The van der Waals surface area contributed by atoms with Crippen molar-refractivity contribution in [1.82, 2.24) is 9.62 Å². The number of rotatable bonds is 7. The van der Waals surface area contributed by atoms with Crippen molar-refractivity contribution < 1.29 is 13.2 Å². The van der Waals surface area contributed by atoms with Gasteiger partial charge in [-0.05, 0) is 48.4 Å². The number of hydrogen-bond acceptors (Lipinski definition) is 4. The van der Waals surface area contributed by atoms with Gasteiger partial charge in [-0.1, -0.05) is 49.7 Å². The Morgan fingerprint density at radius 1 is 1.17 bits per heavy atom. The Morgan fingerprint density at radius 2 is 1.79 bits per heavy atom. The largest absolute Gasteiger partial charge is 0.352 e. The van der Waals surface area contributed by atoms with Crippen molar-refractivity contribution in [2.75, 3.05) is 13.1 Å². The van der Waals surface area contributed by atoms with Crippen molar-refractivity contribution in [3.63, 3.8) is 0 Å². The van der Waals surface area contributed by atoms with Crippen LogP contribution in [0.2, 0.25) is 4.34 Å². The van der Waals surface area contributed by atoms with Crippen molar-refractivity contribution in [1.29, 1.82) is 0 Å². The van der Waals surface area contributed by atoms with E-state index in [2.05, 4.69) is 24.4 Å². The van der Waals surface area contributed by atoms with Crippen molar-refractivity contribution >= 4 is 38.9 Å². The molecule has 0 spiro atoms. The highest BCUT2D eigenvalue weighted by Crippen LogP contribution is 2.32.